The van der Waals surface area contributed by atoms with Gasteiger partial charge in [-0.05, 0) is 50.3 Å². The molecule has 35 heavy (non-hydrogen) atoms. The number of hydrogen-bond donors (Lipinski definition) is 2. The zero-order chi connectivity index (χ0) is 25.0. The zero-order valence-corrected chi connectivity index (χ0v) is 20.8. The maximum absolute atomic E-state index is 13.2. The van der Waals surface area contributed by atoms with Gasteiger partial charge in [-0.1, -0.05) is 12.1 Å². The van der Waals surface area contributed by atoms with Crippen molar-refractivity contribution in [2.24, 2.45) is 0 Å². The summed E-state index contributed by atoms with van der Waals surface area (Å²) in [4.78, 5) is 29.4. The molecule has 1 saturated carbocycles. The zero-order valence-electron chi connectivity index (χ0n) is 19.2. The molecule has 2 heterocycles. The van der Waals surface area contributed by atoms with Crippen LogP contribution in [-0.4, -0.2) is 61.6 Å². The fraction of sp³-hybridized carbons (Fsp3) is 0.522. The number of hydrogen-bond acceptors (Lipinski definition) is 10. The minimum absolute atomic E-state index is 0.0697. The van der Waals surface area contributed by atoms with E-state index in [1.807, 2.05) is 0 Å². The lowest BCUT2D eigenvalue weighted by Crippen LogP contribution is -2.31. The number of benzene rings is 1. The van der Waals surface area contributed by atoms with Gasteiger partial charge in [-0.15, -0.1) is 11.3 Å². The Labute approximate surface area is 207 Å². The van der Waals surface area contributed by atoms with Crippen molar-refractivity contribution in [1.29, 1.82) is 0 Å². The number of rotatable bonds is 10. The molecule has 1 amide bonds. The van der Waals surface area contributed by atoms with E-state index in [0.29, 0.717) is 44.5 Å². The number of carbonyl (C=O) groups is 2. The predicted octanol–water partition coefficient (Wildman–Crippen LogP) is 2.55. The van der Waals surface area contributed by atoms with Gasteiger partial charge in [-0.2, -0.15) is 0 Å². The molecule has 0 spiro atoms. The molecule has 0 radical (unpaired) electrons. The molecule has 2 fully saturated rings. The summed E-state index contributed by atoms with van der Waals surface area (Å²) in [5, 5.41) is 14.1. The Bertz CT molecular complexity index is 1140. The third kappa shape index (κ3) is 6.25. The molecule has 12 heteroatoms. The van der Waals surface area contributed by atoms with Gasteiger partial charge >= 0.3 is 5.97 Å². The van der Waals surface area contributed by atoms with Crippen LogP contribution in [0.1, 0.15) is 56.1 Å². The van der Waals surface area contributed by atoms with Crippen LogP contribution in [0.3, 0.4) is 0 Å². The van der Waals surface area contributed by atoms with Crippen LogP contribution >= 0.6 is 11.3 Å². The predicted molar refractivity (Wildman–Crippen MR) is 127 cm³/mol. The van der Waals surface area contributed by atoms with Crippen molar-refractivity contribution in [3.05, 3.63) is 40.9 Å². The lowest BCUT2D eigenvalue weighted by atomic mass is 10.1. The molecule has 10 nitrogen and oxygen atoms in total. The standard InChI is InChI=1S/C23H28N2O8S2/c1-2-32-22(28)19(26)18-13-34-23(24-18)25-21(27)20(33-15-9-11-31-12-10-15)14-3-5-16(6-4-14)35(29,30)17-7-8-17/h3-6,13,15,17,19-20,26H,2,7-12H2,1H3,(H,24,25,27). The third-order valence-electron chi connectivity index (χ3n) is 5.75. The molecule has 4 rings (SSSR count). The first kappa shape index (κ1) is 25.7. The van der Waals surface area contributed by atoms with Crippen molar-refractivity contribution < 1.29 is 37.3 Å². The van der Waals surface area contributed by atoms with E-state index in [1.165, 1.54) is 17.5 Å². The average Bonchev–Trinajstić information content (AvgIpc) is 3.63. The summed E-state index contributed by atoms with van der Waals surface area (Å²) in [5.74, 6) is -1.32. The van der Waals surface area contributed by atoms with E-state index in [2.05, 4.69) is 10.3 Å². The molecule has 2 aromatic rings. The normalized spacial score (nSPS) is 18.6. The number of ether oxygens (including phenoxy) is 3. The maximum Gasteiger partial charge on any atom is 0.341 e. The van der Waals surface area contributed by atoms with Crippen molar-refractivity contribution in [2.75, 3.05) is 25.1 Å². The Balaban J connectivity index is 1.51. The molecule has 1 aromatic heterocycles. The number of carbonyl (C=O) groups excluding carboxylic acids is 2. The Morgan fingerprint density at radius 3 is 2.51 bits per heavy atom. The van der Waals surface area contributed by atoms with Crippen LogP contribution in [0, 0.1) is 0 Å². The molecule has 2 atom stereocenters. The number of thiazole rings is 1. The lowest BCUT2D eigenvalue weighted by Gasteiger charge is -2.27. The van der Waals surface area contributed by atoms with Crippen LogP contribution in [0.2, 0.25) is 0 Å². The van der Waals surface area contributed by atoms with Crippen LogP contribution in [0.15, 0.2) is 34.5 Å². The second-order valence-corrected chi connectivity index (χ2v) is 11.4. The number of anilines is 1. The highest BCUT2D eigenvalue weighted by Crippen LogP contribution is 2.34. The summed E-state index contributed by atoms with van der Waals surface area (Å²) < 4.78 is 41.4. The van der Waals surface area contributed by atoms with Gasteiger partial charge in [-0.3, -0.25) is 10.1 Å². The summed E-state index contributed by atoms with van der Waals surface area (Å²) in [7, 11) is -3.35. The van der Waals surface area contributed by atoms with Crippen molar-refractivity contribution >= 4 is 38.2 Å². The molecule has 1 saturated heterocycles. The number of sulfone groups is 1. The highest BCUT2D eigenvalue weighted by molar-refractivity contribution is 7.92. The van der Waals surface area contributed by atoms with E-state index in [0.717, 1.165) is 11.3 Å². The van der Waals surface area contributed by atoms with Crippen molar-refractivity contribution in [2.45, 2.75) is 61.1 Å². The fourth-order valence-electron chi connectivity index (χ4n) is 3.68. The first-order chi connectivity index (χ1) is 16.8. The van der Waals surface area contributed by atoms with E-state index in [-0.39, 0.29) is 33.7 Å². The molecule has 1 aliphatic heterocycles. The Kier molecular flexibility index (Phi) is 8.17. The van der Waals surface area contributed by atoms with E-state index in [9.17, 15) is 23.1 Å². The first-order valence-corrected chi connectivity index (χ1v) is 13.9. The van der Waals surface area contributed by atoms with Gasteiger partial charge in [0.1, 0.15) is 0 Å². The molecular formula is C23H28N2O8S2. The van der Waals surface area contributed by atoms with E-state index >= 15 is 0 Å². The van der Waals surface area contributed by atoms with Crippen LogP contribution < -0.4 is 5.32 Å². The number of aliphatic hydroxyl groups is 1. The largest absolute Gasteiger partial charge is 0.464 e. The number of nitrogens with zero attached hydrogens (tertiary/aromatic N) is 1. The topological polar surface area (TPSA) is 141 Å². The van der Waals surface area contributed by atoms with E-state index in [1.54, 1.807) is 19.1 Å². The van der Waals surface area contributed by atoms with Crippen molar-refractivity contribution in [3.8, 4) is 0 Å². The van der Waals surface area contributed by atoms with Gasteiger partial charge in [0, 0.05) is 18.6 Å². The quantitative estimate of drug-likeness (QED) is 0.449. The smallest absolute Gasteiger partial charge is 0.341 e. The number of aliphatic hydroxyl groups excluding tert-OH is 1. The Morgan fingerprint density at radius 1 is 1.20 bits per heavy atom. The molecular weight excluding hydrogens is 496 g/mol. The van der Waals surface area contributed by atoms with Crippen LogP contribution in [0.5, 0.6) is 0 Å². The molecule has 1 aromatic carbocycles. The van der Waals surface area contributed by atoms with Gasteiger partial charge in [-0.25, -0.2) is 18.2 Å². The Morgan fingerprint density at radius 2 is 1.89 bits per heavy atom. The summed E-state index contributed by atoms with van der Waals surface area (Å²) >= 11 is 1.05. The highest BCUT2D eigenvalue weighted by Gasteiger charge is 2.37. The number of esters is 1. The molecule has 190 valence electrons. The number of aromatic nitrogens is 1. The minimum Gasteiger partial charge on any atom is -0.464 e. The van der Waals surface area contributed by atoms with Crippen molar-refractivity contribution in [3.63, 3.8) is 0 Å². The minimum atomic E-state index is -3.35. The number of amides is 1. The van der Waals surface area contributed by atoms with Gasteiger partial charge < -0.3 is 19.3 Å². The molecule has 2 N–H and O–H groups in total. The Hall–Kier alpha value is -2.38. The fourth-order valence-corrected chi connectivity index (χ4v) is 6.07. The average molecular weight is 525 g/mol. The molecule has 2 unspecified atom stereocenters. The van der Waals surface area contributed by atoms with Gasteiger partial charge in [0.05, 0.1) is 28.6 Å². The summed E-state index contributed by atoms with van der Waals surface area (Å²) in [6.45, 7) is 2.80. The van der Waals surface area contributed by atoms with Crippen molar-refractivity contribution in [1.82, 2.24) is 4.98 Å². The molecule has 0 bridgehead atoms. The van der Waals surface area contributed by atoms with E-state index in [4.69, 9.17) is 14.2 Å². The van der Waals surface area contributed by atoms with Crippen LogP contribution in [0.4, 0.5) is 5.13 Å². The molecule has 1 aliphatic carbocycles. The number of nitrogens with one attached hydrogen (secondary N) is 1. The van der Waals surface area contributed by atoms with Crippen LogP contribution in [0.25, 0.3) is 0 Å². The summed E-state index contributed by atoms with van der Waals surface area (Å²) in [6, 6.07) is 6.20. The van der Waals surface area contributed by atoms with Gasteiger partial charge in [0.2, 0.25) is 0 Å². The summed E-state index contributed by atoms with van der Waals surface area (Å²) in [6.07, 6.45) is -0.168. The van der Waals surface area contributed by atoms with Gasteiger partial charge in [0.15, 0.2) is 27.2 Å². The van der Waals surface area contributed by atoms with Gasteiger partial charge in [0.25, 0.3) is 5.91 Å². The van der Waals surface area contributed by atoms with Crippen LogP contribution in [-0.2, 0) is 33.6 Å². The van der Waals surface area contributed by atoms with E-state index < -0.39 is 33.9 Å². The summed E-state index contributed by atoms with van der Waals surface area (Å²) in [5.41, 5.74) is 0.576. The SMILES string of the molecule is CCOC(=O)C(O)c1csc(NC(=O)C(OC2CCOCC2)c2ccc(S(=O)(=O)C3CC3)cc2)n1. The second kappa shape index (κ2) is 11.1. The molecule has 2 aliphatic rings. The third-order valence-corrected chi connectivity index (χ3v) is 8.81. The highest BCUT2D eigenvalue weighted by atomic mass is 32.2. The maximum atomic E-state index is 13.2. The monoisotopic (exact) mass is 524 g/mol. The first-order valence-electron chi connectivity index (χ1n) is 11.5. The lowest BCUT2D eigenvalue weighted by molar-refractivity contribution is -0.153. The second-order valence-electron chi connectivity index (χ2n) is 8.36.